The van der Waals surface area contributed by atoms with Crippen molar-refractivity contribution in [3.05, 3.63) is 194 Å². The topological polar surface area (TPSA) is 56.7 Å². The van der Waals surface area contributed by atoms with E-state index in [1.54, 1.807) is 0 Å². The molecule has 0 unspecified atom stereocenters. The maximum absolute atomic E-state index is 6.94. The van der Waals surface area contributed by atoms with Crippen LogP contribution in [0.3, 0.4) is 0 Å². The molecule has 11 aromatic rings. The van der Waals surface area contributed by atoms with E-state index in [0.717, 1.165) is 94.5 Å². The number of benzene rings is 7. The molecular formula is C51H32N4O. The van der Waals surface area contributed by atoms with Crippen molar-refractivity contribution < 1.29 is 4.42 Å². The summed E-state index contributed by atoms with van der Waals surface area (Å²) in [6, 6.07) is 67.1. The van der Waals surface area contributed by atoms with E-state index in [2.05, 4.69) is 156 Å². The quantitative estimate of drug-likeness (QED) is 0.172. The van der Waals surface area contributed by atoms with Crippen LogP contribution >= 0.6 is 0 Å². The van der Waals surface area contributed by atoms with Crippen LogP contribution in [-0.2, 0) is 0 Å². The van der Waals surface area contributed by atoms with Gasteiger partial charge in [0, 0.05) is 38.7 Å². The third-order valence-corrected chi connectivity index (χ3v) is 10.6. The summed E-state index contributed by atoms with van der Waals surface area (Å²) >= 11 is 0. The minimum atomic E-state index is 0.677. The second kappa shape index (κ2) is 13.0. The van der Waals surface area contributed by atoms with Gasteiger partial charge in [-0.2, -0.15) is 0 Å². The number of aromatic nitrogens is 4. The number of para-hydroxylation sites is 2. The molecule has 0 N–H and O–H groups in total. The van der Waals surface area contributed by atoms with Crippen LogP contribution in [0.5, 0.6) is 0 Å². The first-order valence-corrected chi connectivity index (χ1v) is 18.8. The van der Waals surface area contributed by atoms with Crippen molar-refractivity contribution in [1.82, 2.24) is 19.5 Å². The Balaban J connectivity index is 1.13. The molecule has 0 atom stereocenters. The van der Waals surface area contributed by atoms with Gasteiger partial charge in [-0.15, -0.1) is 0 Å². The Morgan fingerprint density at radius 2 is 0.964 bits per heavy atom. The number of hydrogen-bond donors (Lipinski definition) is 0. The first kappa shape index (κ1) is 31.9. The van der Waals surface area contributed by atoms with Gasteiger partial charge in [-0.25, -0.2) is 15.0 Å². The molecule has 262 valence electrons. The Morgan fingerprint density at radius 3 is 1.71 bits per heavy atom. The summed E-state index contributed by atoms with van der Waals surface area (Å²) in [5, 5.41) is 3.02. The molecule has 5 heteroatoms. The van der Waals surface area contributed by atoms with E-state index in [1.165, 1.54) is 5.56 Å². The van der Waals surface area contributed by atoms with Gasteiger partial charge in [0.25, 0.3) is 0 Å². The summed E-state index contributed by atoms with van der Waals surface area (Å²) in [5.41, 5.74) is 14.6. The van der Waals surface area contributed by atoms with Crippen molar-refractivity contribution in [2.24, 2.45) is 0 Å². The smallest absolute Gasteiger partial charge is 0.161 e. The fraction of sp³-hybridized carbons (Fsp3) is 0. The highest BCUT2D eigenvalue weighted by Crippen LogP contribution is 2.44. The van der Waals surface area contributed by atoms with Crippen LogP contribution in [0.2, 0.25) is 0 Å². The van der Waals surface area contributed by atoms with Gasteiger partial charge in [-0.3, -0.25) is 0 Å². The highest BCUT2D eigenvalue weighted by Gasteiger charge is 2.25. The molecule has 0 fully saturated rings. The fourth-order valence-corrected chi connectivity index (χ4v) is 7.95. The molecule has 0 saturated heterocycles. The highest BCUT2D eigenvalue weighted by molar-refractivity contribution is 6.24. The molecule has 7 aromatic carbocycles. The van der Waals surface area contributed by atoms with Crippen LogP contribution in [0, 0.1) is 0 Å². The molecule has 4 aromatic heterocycles. The number of fused-ring (bicyclic) bond motifs is 7. The summed E-state index contributed by atoms with van der Waals surface area (Å²) in [4.78, 5) is 15.6. The predicted octanol–water partition coefficient (Wildman–Crippen LogP) is 13.2. The van der Waals surface area contributed by atoms with Crippen molar-refractivity contribution in [3.63, 3.8) is 0 Å². The fourth-order valence-electron chi connectivity index (χ4n) is 7.95. The van der Waals surface area contributed by atoms with E-state index in [9.17, 15) is 0 Å². The van der Waals surface area contributed by atoms with Crippen molar-refractivity contribution >= 4 is 43.9 Å². The lowest BCUT2D eigenvalue weighted by Crippen LogP contribution is -1.98. The zero-order valence-corrected chi connectivity index (χ0v) is 30.2. The molecule has 11 rings (SSSR count). The van der Waals surface area contributed by atoms with E-state index in [-0.39, 0.29) is 0 Å². The second-order valence-electron chi connectivity index (χ2n) is 14.0. The zero-order chi connectivity index (χ0) is 37.0. The highest BCUT2D eigenvalue weighted by atomic mass is 16.3. The predicted molar refractivity (Wildman–Crippen MR) is 229 cm³/mol. The SMILES string of the molecule is c1ccc(-c2ccc(-c3cc(-c4cccc(-n5c6ccccc6c6oc7c8ccccc8nc(-c8ccccc8)c7c65)c4)nc(-c4ccccc4)n3)cc2)cc1. The van der Waals surface area contributed by atoms with Crippen molar-refractivity contribution in [3.8, 4) is 62.0 Å². The number of nitrogens with zero attached hydrogens (tertiary/aromatic N) is 4. The van der Waals surface area contributed by atoms with E-state index >= 15 is 0 Å². The van der Waals surface area contributed by atoms with Gasteiger partial charge in [-0.05, 0) is 53.6 Å². The molecule has 0 aliphatic heterocycles. The van der Waals surface area contributed by atoms with Gasteiger partial charge >= 0.3 is 0 Å². The van der Waals surface area contributed by atoms with E-state index < -0.39 is 0 Å². The van der Waals surface area contributed by atoms with Gasteiger partial charge in [0.1, 0.15) is 11.1 Å². The first-order chi connectivity index (χ1) is 27.8. The van der Waals surface area contributed by atoms with Crippen molar-refractivity contribution in [1.29, 1.82) is 0 Å². The Morgan fingerprint density at radius 1 is 0.393 bits per heavy atom. The lowest BCUT2D eigenvalue weighted by Gasteiger charge is -2.13. The number of rotatable bonds is 6. The van der Waals surface area contributed by atoms with Gasteiger partial charge < -0.3 is 8.98 Å². The van der Waals surface area contributed by atoms with Gasteiger partial charge in [0.15, 0.2) is 11.4 Å². The lowest BCUT2D eigenvalue weighted by molar-refractivity contribution is 0.676. The van der Waals surface area contributed by atoms with Crippen LogP contribution in [0.15, 0.2) is 199 Å². The minimum absolute atomic E-state index is 0.677. The van der Waals surface area contributed by atoms with Crippen LogP contribution in [-0.4, -0.2) is 19.5 Å². The summed E-state index contributed by atoms with van der Waals surface area (Å²) in [6.45, 7) is 0. The largest absolute Gasteiger partial charge is 0.453 e. The van der Waals surface area contributed by atoms with Crippen molar-refractivity contribution in [2.45, 2.75) is 0 Å². The summed E-state index contributed by atoms with van der Waals surface area (Å²) < 4.78 is 9.27. The Labute approximate surface area is 322 Å². The molecule has 0 aliphatic rings. The molecule has 0 amide bonds. The van der Waals surface area contributed by atoms with E-state index in [4.69, 9.17) is 19.4 Å². The average molecular weight is 717 g/mol. The van der Waals surface area contributed by atoms with Gasteiger partial charge in [-0.1, -0.05) is 152 Å². The summed E-state index contributed by atoms with van der Waals surface area (Å²) in [6.07, 6.45) is 0. The number of hydrogen-bond acceptors (Lipinski definition) is 4. The molecule has 0 saturated carbocycles. The van der Waals surface area contributed by atoms with E-state index in [0.29, 0.717) is 5.82 Å². The normalized spacial score (nSPS) is 11.6. The second-order valence-corrected chi connectivity index (χ2v) is 14.0. The maximum atomic E-state index is 6.94. The Bertz CT molecular complexity index is 3220. The molecule has 0 radical (unpaired) electrons. The molecule has 0 aliphatic carbocycles. The minimum Gasteiger partial charge on any atom is -0.453 e. The van der Waals surface area contributed by atoms with Gasteiger partial charge in [0.05, 0.1) is 33.5 Å². The maximum Gasteiger partial charge on any atom is 0.161 e. The van der Waals surface area contributed by atoms with Crippen LogP contribution in [0.25, 0.3) is 106 Å². The van der Waals surface area contributed by atoms with E-state index in [1.807, 2.05) is 42.5 Å². The third kappa shape index (κ3) is 5.29. The summed E-state index contributed by atoms with van der Waals surface area (Å²) in [7, 11) is 0. The molecule has 56 heavy (non-hydrogen) atoms. The van der Waals surface area contributed by atoms with Crippen LogP contribution in [0.1, 0.15) is 0 Å². The average Bonchev–Trinajstić information content (AvgIpc) is 3.82. The molecule has 4 heterocycles. The van der Waals surface area contributed by atoms with Crippen LogP contribution < -0.4 is 0 Å². The third-order valence-electron chi connectivity index (χ3n) is 10.6. The van der Waals surface area contributed by atoms with Gasteiger partial charge in [0.2, 0.25) is 0 Å². The molecule has 0 bridgehead atoms. The Hall–Kier alpha value is -7.63. The standard InChI is InChI=1S/C51H32N4O/c1-4-15-33(16-5-1)34-27-29-35(30-28-34)43-32-44(54-51(53-43)37-19-8-3-9-20-37)38-21-14-22-39(31-38)55-45-26-13-11-24-41(45)50-48(55)46-47(36-17-6-2-7-18-36)52-42-25-12-10-23-40(42)49(46)56-50/h1-32H. The molecule has 5 nitrogen and oxygen atoms in total. The van der Waals surface area contributed by atoms with Crippen LogP contribution in [0.4, 0.5) is 0 Å². The number of furan rings is 1. The lowest BCUT2D eigenvalue weighted by atomic mass is 10.0. The zero-order valence-electron chi connectivity index (χ0n) is 30.2. The van der Waals surface area contributed by atoms with Crippen molar-refractivity contribution in [2.75, 3.05) is 0 Å². The molecule has 0 spiro atoms. The molecular weight excluding hydrogens is 685 g/mol. The summed E-state index contributed by atoms with van der Waals surface area (Å²) in [5.74, 6) is 0.677. The number of pyridine rings is 1. The Kier molecular flexibility index (Phi) is 7.42. The first-order valence-electron chi connectivity index (χ1n) is 18.8. The monoisotopic (exact) mass is 716 g/mol.